The molecule has 0 bridgehead atoms. The summed E-state index contributed by atoms with van der Waals surface area (Å²) in [5, 5.41) is 33.7. The Labute approximate surface area is 127 Å². The lowest BCUT2D eigenvalue weighted by atomic mass is 9.92. The maximum atomic E-state index is 11.3. The maximum Gasteiger partial charge on any atom is 0.370 e. The molecule has 0 aromatic rings. The zero-order chi connectivity index (χ0) is 17.0. The summed E-state index contributed by atoms with van der Waals surface area (Å²) in [4.78, 5) is 33.6. The van der Waals surface area contributed by atoms with Crippen LogP contribution in [0, 0.1) is 0 Å². The van der Waals surface area contributed by atoms with Gasteiger partial charge in [-0.3, -0.25) is 9.59 Å². The van der Waals surface area contributed by atoms with E-state index in [1.54, 1.807) is 0 Å². The average Bonchev–Trinajstić information content (AvgIpc) is 2.37. The molecule has 1 rings (SSSR count). The first-order valence-corrected chi connectivity index (χ1v) is 6.65. The van der Waals surface area contributed by atoms with Crippen molar-refractivity contribution < 1.29 is 34.4 Å². The Hall–Kier alpha value is -2.13. The fraction of sp³-hybridized carbons (Fsp3) is 0.615. The lowest BCUT2D eigenvalue weighted by Crippen LogP contribution is -2.63. The van der Waals surface area contributed by atoms with Crippen LogP contribution in [0.15, 0.2) is 11.8 Å². The van der Waals surface area contributed by atoms with Gasteiger partial charge in [-0.15, -0.1) is 0 Å². The Morgan fingerprint density at radius 1 is 1.27 bits per heavy atom. The number of carboxylic acid groups (broad SMARTS) is 1. The molecular weight excluding hydrogens is 296 g/mol. The van der Waals surface area contributed by atoms with Gasteiger partial charge in [0.2, 0.25) is 17.6 Å². The van der Waals surface area contributed by atoms with Crippen LogP contribution in [-0.4, -0.2) is 63.5 Å². The predicted molar refractivity (Wildman–Crippen MR) is 73.5 cm³/mol. The smallest absolute Gasteiger partial charge is 0.370 e. The zero-order valence-corrected chi connectivity index (χ0v) is 12.4. The van der Waals surface area contributed by atoms with Crippen LogP contribution in [0.4, 0.5) is 0 Å². The lowest BCUT2D eigenvalue weighted by Gasteiger charge is -2.39. The fourth-order valence-electron chi connectivity index (χ4n) is 2.24. The van der Waals surface area contributed by atoms with E-state index in [0.29, 0.717) is 0 Å². The number of carbonyl (C=O) groups is 3. The number of aliphatic hydroxyl groups excluding tert-OH is 2. The topological polar surface area (TPSA) is 145 Å². The number of carbonyl (C=O) groups excluding carboxylic acids is 2. The molecule has 0 saturated carbocycles. The van der Waals surface area contributed by atoms with Gasteiger partial charge < -0.3 is 30.7 Å². The highest BCUT2D eigenvalue weighted by Gasteiger charge is 2.43. The van der Waals surface area contributed by atoms with Crippen LogP contribution in [0.3, 0.4) is 0 Å². The summed E-state index contributed by atoms with van der Waals surface area (Å²) in [5.41, 5.74) is 0. The maximum absolute atomic E-state index is 11.3. The Kier molecular flexibility index (Phi) is 5.89. The third-order valence-corrected chi connectivity index (χ3v) is 3.13. The molecule has 1 aliphatic rings. The number of ether oxygens (including phenoxy) is 1. The summed E-state index contributed by atoms with van der Waals surface area (Å²) in [6.45, 7) is 3.81. The summed E-state index contributed by atoms with van der Waals surface area (Å²) < 4.78 is 5.27. The number of hydrogen-bond acceptors (Lipinski definition) is 6. The molecule has 9 heteroatoms. The monoisotopic (exact) mass is 316 g/mol. The molecule has 2 amide bonds. The van der Waals surface area contributed by atoms with Gasteiger partial charge in [-0.1, -0.05) is 0 Å². The SMILES string of the molecule is CC(=O)N[C@@H]1C(O)C=C(C(=O)O)OC1[C@H](NC(C)=O)[C@@H](C)O. The van der Waals surface area contributed by atoms with Crippen LogP contribution in [0.2, 0.25) is 0 Å². The van der Waals surface area contributed by atoms with Crippen molar-refractivity contribution in [2.24, 2.45) is 0 Å². The molecule has 124 valence electrons. The number of aliphatic hydroxyl groups is 2. The quantitative estimate of drug-likeness (QED) is 0.398. The number of amides is 2. The summed E-state index contributed by atoms with van der Waals surface area (Å²) in [6.07, 6.45) is -2.65. The van der Waals surface area contributed by atoms with E-state index in [4.69, 9.17) is 9.84 Å². The standard InChI is InChI=1S/C13H20N2O7/c1-5(16)10(14-6(2)17)12-11(15-7(3)18)8(19)4-9(22-12)13(20)21/h4-5,8,10-12,16,19H,1-3H3,(H,14,17)(H,15,18)(H,20,21)/t5-,8?,10-,11-,12?/m1/s1. The van der Waals surface area contributed by atoms with Gasteiger partial charge in [0.15, 0.2) is 0 Å². The molecule has 0 radical (unpaired) electrons. The average molecular weight is 316 g/mol. The zero-order valence-electron chi connectivity index (χ0n) is 12.4. The van der Waals surface area contributed by atoms with Gasteiger partial charge in [-0.05, 0) is 13.0 Å². The summed E-state index contributed by atoms with van der Waals surface area (Å²) in [5.74, 6) is -2.87. The van der Waals surface area contributed by atoms with Gasteiger partial charge in [0.25, 0.3) is 0 Å². The number of nitrogens with one attached hydrogen (secondary N) is 2. The highest BCUT2D eigenvalue weighted by atomic mass is 16.5. The second-order valence-corrected chi connectivity index (χ2v) is 5.10. The van der Waals surface area contributed by atoms with Gasteiger partial charge >= 0.3 is 5.97 Å². The summed E-state index contributed by atoms with van der Waals surface area (Å²) in [7, 11) is 0. The minimum atomic E-state index is -1.41. The second-order valence-electron chi connectivity index (χ2n) is 5.10. The van der Waals surface area contributed by atoms with Crippen molar-refractivity contribution in [2.75, 3.05) is 0 Å². The molecule has 1 aliphatic heterocycles. The summed E-state index contributed by atoms with van der Waals surface area (Å²) >= 11 is 0. The van der Waals surface area contributed by atoms with E-state index >= 15 is 0 Å². The van der Waals surface area contributed by atoms with E-state index in [1.807, 2.05) is 0 Å². The van der Waals surface area contributed by atoms with Gasteiger partial charge in [-0.25, -0.2) is 4.79 Å². The molecule has 0 fully saturated rings. The number of hydrogen-bond donors (Lipinski definition) is 5. The van der Waals surface area contributed by atoms with E-state index in [0.717, 1.165) is 6.08 Å². The van der Waals surface area contributed by atoms with Crippen molar-refractivity contribution in [1.82, 2.24) is 10.6 Å². The van der Waals surface area contributed by atoms with E-state index in [9.17, 15) is 24.6 Å². The van der Waals surface area contributed by atoms with Crippen molar-refractivity contribution in [3.8, 4) is 0 Å². The molecule has 0 aliphatic carbocycles. The van der Waals surface area contributed by atoms with E-state index in [2.05, 4.69) is 10.6 Å². The van der Waals surface area contributed by atoms with Gasteiger partial charge in [0.1, 0.15) is 12.2 Å². The Morgan fingerprint density at radius 3 is 2.27 bits per heavy atom. The largest absolute Gasteiger partial charge is 0.479 e. The fourth-order valence-corrected chi connectivity index (χ4v) is 2.24. The highest BCUT2D eigenvalue weighted by molar-refractivity contribution is 5.84. The Balaban J connectivity index is 3.17. The minimum absolute atomic E-state index is 0.475. The molecule has 5 atom stereocenters. The van der Waals surface area contributed by atoms with Crippen molar-refractivity contribution >= 4 is 17.8 Å². The predicted octanol–water partition coefficient (Wildman–Crippen LogP) is -1.90. The van der Waals surface area contributed by atoms with Crippen LogP contribution < -0.4 is 10.6 Å². The number of aliphatic carboxylic acids is 1. The second kappa shape index (κ2) is 7.23. The van der Waals surface area contributed by atoms with Crippen molar-refractivity contribution in [2.45, 2.75) is 51.2 Å². The van der Waals surface area contributed by atoms with E-state index in [1.165, 1.54) is 20.8 Å². The molecule has 1 heterocycles. The Bertz CT molecular complexity index is 489. The molecule has 0 aromatic heterocycles. The van der Waals surface area contributed by atoms with Crippen LogP contribution >= 0.6 is 0 Å². The van der Waals surface area contributed by atoms with Crippen molar-refractivity contribution in [3.05, 3.63) is 11.8 Å². The van der Waals surface area contributed by atoms with Crippen LogP contribution in [0.5, 0.6) is 0 Å². The molecule has 0 spiro atoms. The van der Waals surface area contributed by atoms with E-state index in [-0.39, 0.29) is 0 Å². The van der Waals surface area contributed by atoms with Crippen LogP contribution in [0.1, 0.15) is 20.8 Å². The molecule has 22 heavy (non-hydrogen) atoms. The van der Waals surface area contributed by atoms with Crippen LogP contribution in [-0.2, 0) is 19.1 Å². The molecular formula is C13H20N2O7. The molecule has 9 nitrogen and oxygen atoms in total. The normalized spacial score (nSPS) is 27.0. The first-order valence-electron chi connectivity index (χ1n) is 6.65. The van der Waals surface area contributed by atoms with Crippen molar-refractivity contribution in [1.29, 1.82) is 0 Å². The van der Waals surface area contributed by atoms with Crippen LogP contribution in [0.25, 0.3) is 0 Å². The number of carboxylic acids is 1. The summed E-state index contributed by atoms with van der Waals surface area (Å²) in [6, 6.07) is -2.04. The first-order chi connectivity index (χ1) is 10.1. The minimum Gasteiger partial charge on any atom is -0.479 e. The molecule has 5 N–H and O–H groups in total. The first kappa shape index (κ1) is 17.9. The third-order valence-electron chi connectivity index (χ3n) is 3.13. The van der Waals surface area contributed by atoms with E-state index < -0.39 is 53.9 Å². The van der Waals surface area contributed by atoms with Crippen molar-refractivity contribution in [3.63, 3.8) is 0 Å². The highest BCUT2D eigenvalue weighted by Crippen LogP contribution is 2.23. The Morgan fingerprint density at radius 2 is 1.86 bits per heavy atom. The van der Waals surface area contributed by atoms with Gasteiger partial charge in [0, 0.05) is 13.8 Å². The third kappa shape index (κ3) is 4.43. The lowest BCUT2D eigenvalue weighted by molar-refractivity contribution is -0.142. The molecule has 0 saturated heterocycles. The number of rotatable bonds is 5. The van der Waals surface area contributed by atoms with Gasteiger partial charge in [-0.2, -0.15) is 0 Å². The van der Waals surface area contributed by atoms with Gasteiger partial charge in [0.05, 0.1) is 18.2 Å². The molecule has 2 unspecified atom stereocenters. The molecule has 0 aromatic carbocycles.